The number of hydrogen-bond acceptors (Lipinski definition) is 2. The van der Waals surface area contributed by atoms with Crippen LogP contribution in [0.3, 0.4) is 0 Å². The first-order chi connectivity index (χ1) is 12.9. The maximum absolute atomic E-state index is 11.8. The number of thiocarbonyl (C=S) groups is 1. The van der Waals surface area contributed by atoms with E-state index in [1.54, 1.807) is 0 Å². The van der Waals surface area contributed by atoms with E-state index < -0.39 is 13.4 Å². The van der Waals surface area contributed by atoms with Crippen molar-refractivity contribution < 1.29 is 14.4 Å². The number of unbranched alkanes of at least 4 members (excludes halogenated alkanes) is 9. The first-order valence-corrected chi connectivity index (χ1v) is 12.4. The first kappa shape index (κ1) is 24.3. The Labute approximate surface area is 170 Å². The largest absolute Gasteiger partial charge is 0.366 e. The van der Waals surface area contributed by atoms with Crippen LogP contribution in [0.1, 0.15) is 83.1 Å². The molecule has 3 N–H and O–H groups in total. The molecule has 0 bridgehead atoms. The van der Waals surface area contributed by atoms with Crippen molar-refractivity contribution >= 4 is 24.8 Å². The van der Waals surface area contributed by atoms with Crippen molar-refractivity contribution in [2.24, 2.45) is 0 Å². The minimum atomic E-state index is -4.26. The third-order valence-corrected chi connectivity index (χ3v) is 6.21. The van der Waals surface area contributed by atoms with Gasteiger partial charge in [0.05, 0.1) is 4.99 Å². The van der Waals surface area contributed by atoms with Crippen LogP contribution < -0.4 is 5.32 Å². The van der Waals surface area contributed by atoms with Crippen LogP contribution in [0.25, 0.3) is 0 Å². The van der Waals surface area contributed by atoms with Crippen LogP contribution in [0.15, 0.2) is 30.3 Å². The molecule has 1 atom stereocenters. The molecule has 0 aliphatic carbocycles. The van der Waals surface area contributed by atoms with Crippen LogP contribution in [-0.2, 0) is 11.0 Å². The molecule has 0 aromatic heterocycles. The van der Waals surface area contributed by atoms with Gasteiger partial charge in [0.2, 0.25) is 0 Å². The summed E-state index contributed by atoms with van der Waals surface area (Å²) in [5.74, 6) is -0.949. The molecular weight excluding hydrogens is 377 g/mol. The number of benzene rings is 1. The van der Waals surface area contributed by atoms with Crippen molar-refractivity contribution in [2.75, 3.05) is 0 Å². The standard InChI is InChI=1S/C21H36NO3PS/c1-2-3-4-5-6-7-8-9-10-14-17-21(27)22-20(26(23,24)25)18-19-15-12-11-13-16-19/h11-13,15-16,20H,2-10,14,17-18H2,1H3,(H,22,27)(H2,23,24,25). The molecule has 6 heteroatoms. The van der Waals surface area contributed by atoms with Gasteiger partial charge in [-0.15, -0.1) is 0 Å². The van der Waals surface area contributed by atoms with Gasteiger partial charge in [-0.3, -0.25) is 4.57 Å². The van der Waals surface area contributed by atoms with Crippen molar-refractivity contribution in [3.63, 3.8) is 0 Å². The zero-order chi connectivity index (χ0) is 20.0. The maximum Gasteiger partial charge on any atom is 0.347 e. The lowest BCUT2D eigenvalue weighted by atomic mass is 10.1. The Morgan fingerprint density at radius 1 is 0.963 bits per heavy atom. The second kappa shape index (κ2) is 14.3. The fourth-order valence-corrected chi connectivity index (χ4v) is 4.27. The Balaban J connectivity index is 2.20. The predicted octanol–water partition coefficient (Wildman–Crippen LogP) is 5.96. The minimum Gasteiger partial charge on any atom is -0.366 e. The Kier molecular flexibility index (Phi) is 12.9. The van der Waals surface area contributed by atoms with Gasteiger partial charge < -0.3 is 15.1 Å². The summed E-state index contributed by atoms with van der Waals surface area (Å²) >= 11 is 5.32. The van der Waals surface area contributed by atoms with E-state index in [-0.39, 0.29) is 6.42 Å². The van der Waals surface area contributed by atoms with Crippen LogP contribution in [0.4, 0.5) is 0 Å². The Hall–Kier alpha value is -0.740. The van der Waals surface area contributed by atoms with E-state index in [2.05, 4.69) is 12.2 Å². The number of hydrogen-bond donors (Lipinski definition) is 3. The van der Waals surface area contributed by atoms with E-state index in [1.165, 1.54) is 51.4 Å². The molecule has 0 aliphatic heterocycles. The van der Waals surface area contributed by atoms with Gasteiger partial charge in [-0.05, 0) is 18.4 Å². The summed E-state index contributed by atoms with van der Waals surface area (Å²) in [5, 5.41) is 2.90. The topological polar surface area (TPSA) is 69.6 Å². The minimum absolute atomic E-state index is 0.267. The monoisotopic (exact) mass is 413 g/mol. The Morgan fingerprint density at radius 2 is 1.48 bits per heavy atom. The summed E-state index contributed by atoms with van der Waals surface area (Å²) in [7, 11) is -4.26. The van der Waals surface area contributed by atoms with E-state index in [4.69, 9.17) is 12.2 Å². The molecule has 0 heterocycles. The van der Waals surface area contributed by atoms with E-state index in [0.717, 1.165) is 18.4 Å². The molecule has 0 saturated heterocycles. The molecule has 0 aliphatic rings. The molecule has 0 spiro atoms. The first-order valence-electron chi connectivity index (χ1n) is 10.3. The zero-order valence-corrected chi connectivity index (χ0v) is 18.3. The van der Waals surface area contributed by atoms with Crippen LogP contribution in [0, 0.1) is 0 Å². The van der Waals surface area contributed by atoms with Gasteiger partial charge in [0.1, 0.15) is 5.78 Å². The fourth-order valence-electron chi connectivity index (χ4n) is 3.12. The molecule has 1 aromatic rings. The highest BCUT2D eigenvalue weighted by atomic mass is 32.1. The normalized spacial score (nSPS) is 12.7. The lowest BCUT2D eigenvalue weighted by Crippen LogP contribution is -2.35. The summed E-state index contributed by atoms with van der Waals surface area (Å²) in [6.07, 6.45) is 13.5. The van der Waals surface area contributed by atoms with Gasteiger partial charge >= 0.3 is 7.60 Å². The molecule has 1 unspecified atom stereocenters. The maximum atomic E-state index is 11.8. The number of nitrogens with one attached hydrogen (secondary N) is 1. The van der Waals surface area contributed by atoms with Gasteiger partial charge in [-0.2, -0.15) is 0 Å². The van der Waals surface area contributed by atoms with E-state index in [1.807, 2.05) is 30.3 Å². The zero-order valence-electron chi connectivity index (χ0n) is 16.6. The van der Waals surface area contributed by atoms with Gasteiger partial charge in [-0.25, -0.2) is 0 Å². The van der Waals surface area contributed by atoms with E-state index in [9.17, 15) is 14.4 Å². The molecule has 0 amide bonds. The summed E-state index contributed by atoms with van der Waals surface area (Å²) in [5.41, 5.74) is 0.889. The molecule has 1 rings (SSSR count). The highest BCUT2D eigenvalue weighted by Gasteiger charge is 2.29. The number of rotatable bonds is 15. The predicted molar refractivity (Wildman–Crippen MR) is 118 cm³/mol. The van der Waals surface area contributed by atoms with Crippen LogP contribution >= 0.6 is 19.8 Å². The lowest BCUT2D eigenvalue weighted by Gasteiger charge is -2.21. The summed E-state index contributed by atoms with van der Waals surface area (Å²) in [6, 6.07) is 9.37. The lowest BCUT2D eigenvalue weighted by molar-refractivity contribution is 0.353. The van der Waals surface area contributed by atoms with Crippen molar-refractivity contribution in [1.29, 1.82) is 0 Å². The third-order valence-electron chi connectivity index (χ3n) is 4.76. The third kappa shape index (κ3) is 12.4. The van der Waals surface area contributed by atoms with Crippen LogP contribution in [0.2, 0.25) is 0 Å². The average molecular weight is 414 g/mol. The van der Waals surface area contributed by atoms with Crippen LogP contribution in [0.5, 0.6) is 0 Å². The summed E-state index contributed by atoms with van der Waals surface area (Å²) in [4.78, 5) is 19.8. The van der Waals surface area contributed by atoms with E-state index >= 15 is 0 Å². The highest BCUT2D eigenvalue weighted by Crippen LogP contribution is 2.41. The Morgan fingerprint density at radius 3 is 2.00 bits per heavy atom. The SMILES string of the molecule is CCCCCCCCCCCCC(=S)NC(Cc1ccccc1)P(=O)(O)O. The van der Waals surface area contributed by atoms with Gasteiger partial charge in [0.15, 0.2) is 0 Å². The van der Waals surface area contributed by atoms with E-state index in [0.29, 0.717) is 11.4 Å². The van der Waals surface area contributed by atoms with Crippen molar-refractivity contribution in [1.82, 2.24) is 5.32 Å². The summed E-state index contributed by atoms with van der Waals surface area (Å²) < 4.78 is 11.8. The highest BCUT2D eigenvalue weighted by molar-refractivity contribution is 7.80. The smallest absolute Gasteiger partial charge is 0.347 e. The molecule has 27 heavy (non-hydrogen) atoms. The molecule has 0 saturated carbocycles. The van der Waals surface area contributed by atoms with Gasteiger partial charge in [0, 0.05) is 6.42 Å². The molecule has 154 valence electrons. The molecule has 0 radical (unpaired) electrons. The Bertz CT molecular complexity index is 562. The second-order valence-electron chi connectivity index (χ2n) is 7.29. The van der Waals surface area contributed by atoms with Gasteiger partial charge in [-0.1, -0.05) is 107 Å². The molecule has 4 nitrogen and oxygen atoms in total. The second-order valence-corrected chi connectivity index (χ2v) is 9.59. The summed E-state index contributed by atoms with van der Waals surface area (Å²) in [6.45, 7) is 2.24. The van der Waals surface area contributed by atoms with Gasteiger partial charge in [0.25, 0.3) is 0 Å². The van der Waals surface area contributed by atoms with Crippen molar-refractivity contribution in [3.8, 4) is 0 Å². The average Bonchev–Trinajstić information content (AvgIpc) is 2.63. The molecule has 1 aromatic carbocycles. The quantitative estimate of drug-likeness (QED) is 0.188. The molecular formula is C21H36NO3PS. The van der Waals surface area contributed by atoms with Crippen LogP contribution in [-0.4, -0.2) is 20.6 Å². The molecule has 0 fully saturated rings. The van der Waals surface area contributed by atoms with Crippen molar-refractivity contribution in [3.05, 3.63) is 35.9 Å². The van der Waals surface area contributed by atoms with Crippen molar-refractivity contribution in [2.45, 2.75) is 89.8 Å². The fraction of sp³-hybridized carbons (Fsp3) is 0.667.